The maximum atomic E-state index is 9.80. The maximum Gasteiger partial charge on any atom is 0.0897 e. The van der Waals surface area contributed by atoms with Gasteiger partial charge in [-0.25, -0.2) is 0 Å². The lowest BCUT2D eigenvalue weighted by Crippen LogP contribution is -2.47. The monoisotopic (exact) mass is 275 g/mol. The largest absolute Gasteiger partial charge is 0.389 e. The molecule has 1 aliphatic rings. The van der Waals surface area contributed by atoms with Crippen LogP contribution >= 0.6 is 0 Å². The average molecular weight is 275 g/mol. The normalized spacial score (nSPS) is 24.8. The van der Waals surface area contributed by atoms with E-state index < -0.39 is 6.10 Å². The first-order valence-corrected chi connectivity index (χ1v) is 7.32. The Morgan fingerprint density at radius 3 is 2.79 bits per heavy atom. The summed E-state index contributed by atoms with van der Waals surface area (Å²) in [6.07, 6.45) is 2.75. The summed E-state index contributed by atoms with van der Waals surface area (Å²) in [6, 6.07) is 0. The molecule has 114 valence electrons. The first-order chi connectivity index (χ1) is 9.16. The highest BCUT2D eigenvalue weighted by atomic mass is 16.5. The van der Waals surface area contributed by atoms with E-state index in [1.54, 1.807) is 0 Å². The predicted octanol–water partition coefficient (Wildman–Crippen LogP) is 0.949. The van der Waals surface area contributed by atoms with Gasteiger partial charge in [0.15, 0.2) is 0 Å². The number of hydrogen-bond acceptors (Lipinski definition) is 5. The van der Waals surface area contributed by atoms with Gasteiger partial charge in [0.05, 0.1) is 32.5 Å². The number of aliphatic hydroxyl groups excluding tert-OH is 1. The van der Waals surface area contributed by atoms with E-state index in [2.05, 4.69) is 19.2 Å². The van der Waals surface area contributed by atoms with Crippen molar-refractivity contribution in [2.45, 2.75) is 44.8 Å². The molecule has 0 spiro atoms. The van der Waals surface area contributed by atoms with Gasteiger partial charge in [-0.2, -0.15) is 0 Å². The van der Waals surface area contributed by atoms with Gasteiger partial charge in [-0.15, -0.1) is 0 Å². The van der Waals surface area contributed by atoms with Gasteiger partial charge in [0.25, 0.3) is 0 Å². The molecule has 5 heteroatoms. The Balaban J connectivity index is 1.91. The van der Waals surface area contributed by atoms with Crippen LogP contribution in [0, 0.1) is 0 Å². The molecule has 1 rings (SSSR count). The minimum absolute atomic E-state index is 0.00421. The van der Waals surface area contributed by atoms with Crippen LogP contribution in [0.25, 0.3) is 0 Å². The van der Waals surface area contributed by atoms with Crippen LogP contribution in [0.15, 0.2) is 0 Å². The van der Waals surface area contributed by atoms with E-state index in [0.717, 1.165) is 32.5 Å². The predicted molar refractivity (Wildman–Crippen MR) is 74.4 cm³/mol. The minimum atomic E-state index is -0.479. The third-order valence-electron chi connectivity index (χ3n) is 3.31. The number of hydrogen-bond donors (Lipinski definition) is 2. The highest BCUT2D eigenvalue weighted by Crippen LogP contribution is 2.16. The summed E-state index contributed by atoms with van der Waals surface area (Å²) >= 11 is 0. The Morgan fingerprint density at radius 2 is 2.11 bits per heavy atom. The topological polar surface area (TPSA) is 60.0 Å². The molecule has 2 unspecified atom stereocenters. The molecule has 0 aromatic heterocycles. The van der Waals surface area contributed by atoms with Crippen molar-refractivity contribution < 1.29 is 19.3 Å². The van der Waals surface area contributed by atoms with E-state index in [4.69, 9.17) is 14.2 Å². The number of aliphatic hydroxyl groups is 1. The Bertz CT molecular complexity index is 219. The molecule has 2 N–H and O–H groups in total. The van der Waals surface area contributed by atoms with Crippen LogP contribution < -0.4 is 5.32 Å². The van der Waals surface area contributed by atoms with E-state index in [1.165, 1.54) is 0 Å². The van der Waals surface area contributed by atoms with Gasteiger partial charge in [-0.05, 0) is 19.8 Å². The van der Waals surface area contributed by atoms with E-state index >= 15 is 0 Å². The molecule has 0 bridgehead atoms. The molecule has 19 heavy (non-hydrogen) atoms. The number of nitrogens with one attached hydrogen (secondary N) is 1. The molecule has 1 heterocycles. The second kappa shape index (κ2) is 9.66. The highest BCUT2D eigenvalue weighted by Gasteiger charge is 2.29. The molecule has 2 atom stereocenters. The van der Waals surface area contributed by atoms with Gasteiger partial charge in [-0.3, -0.25) is 0 Å². The quantitative estimate of drug-likeness (QED) is 0.550. The van der Waals surface area contributed by atoms with Crippen molar-refractivity contribution in [3.63, 3.8) is 0 Å². The zero-order chi connectivity index (χ0) is 14.0. The molecule has 1 aliphatic heterocycles. The molecule has 0 saturated carbocycles. The lowest BCUT2D eigenvalue weighted by Gasteiger charge is -2.25. The van der Waals surface area contributed by atoms with Crippen LogP contribution in [0.3, 0.4) is 0 Å². The zero-order valence-corrected chi connectivity index (χ0v) is 12.3. The number of unbranched alkanes of at least 4 members (excludes halogenated alkanes) is 1. The number of β-amino-alcohol motifs (C(OH)–C–C–N with tert-alkyl or cyclic N) is 1. The Kier molecular flexibility index (Phi) is 8.57. The van der Waals surface area contributed by atoms with Gasteiger partial charge in [0.2, 0.25) is 0 Å². The van der Waals surface area contributed by atoms with Gasteiger partial charge in [0.1, 0.15) is 0 Å². The van der Waals surface area contributed by atoms with Crippen LogP contribution in [0.5, 0.6) is 0 Å². The second-order valence-electron chi connectivity index (χ2n) is 5.44. The summed E-state index contributed by atoms with van der Waals surface area (Å²) in [6.45, 7) is 8.60. The zero-order valence-electron chi connectivity index (χ0n) is 12.3. The van der Waals surface area contributed by atoms with Crippen molar-refractivity contribution in [2.75, 3.05) is 46.2 Å². The third-order valence-corrected chi connectivity index (χ3v) is 3.31. The summed E-state index contributed by atoms with van der Waals surface area (Å²) in [7, 11) is 0. The molecular formula is C14H29NO4. The minimum Gasteiger partial charge on any atom is -0.389 e. The van der Waals surface area contributed by atoms with Crippen LogP contribution in [-0.2, 0) is 14.2 Å². The molecule has 0 aromatic rings. The standard InChI is InChI=1S/C14H29NO4/c1-3-4-6-17-8-9-18-11-13(16)10-15-14(2)5-7-19-12-14/h13,15-16H,3-12H2,1-2H3. The van der Waals surface area contributed by atoms with Crippen molar-refractivity contribution in [3.05, 3.63) is 0 Å². The Hall–Kier alpha value is -0.200. The average Bonchev–Trinajstić information content (AvgIpc) is 2.83. The van der Waals surface area contributed by atoms with Gasteiger partial charge >= 0.3 is 0 Å². The molecular weight excluding hydrogens is 246 g/mol. The molecule has 5 nitrogen and oxygen atoms in total. The summed E-state index contributed by atoms with van der Waals surface area (Å²) in [5, 5.41) is 13.1. The number of ether oxygens (including phenoxy) is 3. The first-order valence-electron chi connectivity index (χ1n) is 7.32. The van der Waals surface area contributed by atoms with Crippen molar-refractivity contribution in [2.24, 2.45) is 0 Å². The fraction of sp³-hybridized carbons (Fsp3) is 1.00. The lowest BCUT2D eigenvalue weighted by atomic mass is 10.0. The third kappa shape index (κ3) is 7.84. The van der Waals surface area contributed by atoms with Gasteiger partial charge < -0.3 is 24.6 Å². The van der Waals surface area contributed by atoms with Crippen molar-refractivity contribution in [3.8, 4) is 0 Å². The van der Waals surface area contributed by atoms with Crippen LogP contribution in [0.4, 0.5) is 0 Å². The lowest BCUT2D eigenvalue weighted by molar-refractivity contribution is 0.00165. The summed E-state index contributed by atoms with van der Waals surface area (Å²) in [4.78, 5) is 0. The van der Waals surface area contributed by atoms with E-state index in [9.17, 15) is 5.11 Å². The fourth-order valence-corrected chi connectivity index (χ4v) is 1.92. The highest BCUT2D eigenvalue weighted by molar-refractivity contribution is 4.87. The smallest absolute Gasteiger partial charge is 0.0897 e. The van der Waals surface area contributed by atoms with Crippen molar-refractivity contribution in [1.29, 1.82) is 0 Å². The summed E-state index contributed by atoms with van der Waals surface area (Å²) in [5.74, 6) is 0. The first kappa shape index (κ1) is 16.9. The van der Waals surface area contributed by atoms with E-state index in [0.29, 0.717) is 33.0 Å². The number of rotatable bonds is 11. The van der Waals surface area contributed by atoms with Gasteiger partial charge in [0, 0.05) is 25.3 Å². The van der Waals surface area contributed by atoms with Crippen LogP contribution in [-0.4, -0.2) is 62.9 Å². The van der Waals surface area contributed by atoms with Crippen molar-refractivity contribution in [1.82, 2.24) is 5.32 Å². The summed E-state index contributed by atoms with van der Waals surface area (Å²) in [5.41, 5.74) is 0.00421. The SMILES string of the molecule is CCCCOCCOCC(O)CNC1(C)CCOC1. The van der Waals surface area contributed by atoms with Crippen LogP contribution in [0.1, 0.15) is 33.1 Å². The van der Waals surface area contributed by atoms with E-state index in [1.807, 2.05) is 0 Å². The Labute approximate surface area is 116 Å². The van der Waals surface area contributed by atoms with Crippen LogP contribution in [0.2, 0.25) is 0 Å². The second-order valence-corrected chi connectivity index (χ2v) is 5.44. The molecule has 0 radical (unpaired) electrons. The van der Waals surface area contributed by atoms with E-state index in [-0.39, 0.29) is 5.54 Å². The fourth-order valence-electron chi connectivity index (χ4n) is 1.92. The molecule has 1 fully saturated rings. The van der Waals surface area contributed by atoms with Crippen molar-refractivity contribution >= 4 is 0 Å². The molecule has 1 saturated heterocycles. The Morgan fingerprint density at radius 1 is 1.32 bits per heavy atom. The molecule has 0 aliphatic carbocycles. The van der Waals surface area contributed by atoms with Gasteiger partial charge in [-0.1, -0.05) is 13.3 Å². The maximum absolute atomic E-state index is 9.80. The molecule has 0 aromatic carbocycles. The summed E-state index contributed by atoms with van der Waals surface area (Å²) < 4.78 is 16.1. The molecule has 0 amide bonds.